The summed E-state index contributed by atoms with van der Waals surface area (Å²) in [7, 11) is 0. The molecule has 3 heterocycles. The van der Waals surface area contributed by atoms with Crippen LogP contribution in [0.2, 0.25) is 0 Å². The van der Waals surface area contributed by atoms with E-state index in [0.717, 1.165) is 38.8 Å². The number of benzene rings is 1. The summed E-state index contributed by atoms with van der Waals surface area (Å²) in [6.07, 6.45) is 4.57. The standard InChI is InChI=1S/C17H14BrN5S/c1-2-13-15(23-9-3-8-19-16(23)21-13)14-10-24-17(22-14)20-12-6-4-11(18)5-7-12/h3-10H,2H2,1H3,(H,20,22). The van der Waals surface area contributed by atoms with Crippen LogP contribution in [0.5, 0.6) is 0 Å². The lowest BCUT2D eigenvalue weighted by Crippen LogP contribution is -1.93. The van der Waals surface area contributed by atoms with Crippen LogP contribution < -0.4 is 5.32 Å². The van der Waals surface area contributed by atoms with Gasteiger partial charge in [-0.15, -0.1) is 11.3 Å². The lowest BCUT2D eigenvalue weighted by Gasteiger charge is -2.02. The molecule has 0 aliphatic rings. The molecule has 5 nitrogen and oxygen atoms in total. The van der Waals surface area contributed by atoms with Gasteiger partial charge in [0.15, 0.2) is 5.13 Å². The fraction of sp³-hybridized carbons (Fsp3) is 0.118. The average molecular weight is 400 g/mol. The Labute approximate surface area is 151 Å². The molecule has 0 bridgehead atoms. The summed E-state index contributed by atoms with van der Waals surface area (Å²) in [6, 6.07) is 9.94. The zero-order valence-corrected chi connectivity index (χ0v) is 15.3. The molecule has 4 aromatic rings. The first-order valence-electron chi connectivity index (χ1n) is 7.55. The van der Waals surface area contributed by atoms with Crippen LogP contribution in [0.4, 0.5) is 10.8 Å². The zero-order chi connectivity index (χ0) is 16.5. The molecule has 0 fully saturated rings. The summed E-state index contributed by atoms with van der Waals surface area (Å²) in [5.41, 5.74) is 3.95. The maximum atomic E-state index is 4.74. The van der Waals surface area contributed by atoms with Gasteiger partial charge in [-0.05, 0) is 36.8 Å². The van der Waals surface area contributed by atoms with Gasteiger partial charge in [0.2, 0.25) is 5.78 Å². The number of nitrogens with zero attached hydrogens (tertiary/aromatic N) is 4. The molecule has 120 valence electrons. The molecular weight excluding hydrogens is 386 g/mol. The van der Waals surface area contributed by atoms with E-state index in [1.54, 1.807) is 17.5 Å². The number of imidazole rings is 1. The van der Waals surface area contributed by atoms with E-state index in [0.29, 0.717) is 5.78 Å². The molecule has 4 rings (SSSR count). The largest absolute Gasteiger partial charge is 0.332 e. The molecule has 24 heavy (non-hydrogen) atoms. The van der Waals surface area contributed by atoms with Gasteiger partial charge >= 0.3 is 0 Å². The second-order valence-corrected chi connectivity index (χ2v) is 6.99. The van der Waals surface area contributed by atoms with Crippen LogP contribution in [-0.4, -0.2) is 19.4 Å². The quantitative estimate of drug-likeness (QED) is 0.528. The van der Waals surface area contributed by atoms with E-state index < -0.39 is 0 Å². The van der Waals surface area contributed by atoms with Crippen molar-refractivity contribution in [2.24, 2.45) is 0 Å². The molecule has 1 N–H and O–H groups in total. The summed E-state index contributed by atoms with van der Waals surface area (Å²) < 4.78 is 3.05. The van der Waals surface area contributed by atoms with Crippen LogP contribution in [0.15, 0.2) is 52.6 Å². The topological polar surface area (TPSA) is 55.1 Å². The first kappa shape index (κ1) is 15.3. The maximum Gasteiger partial charge on any atom is 0.234 e. The smallest absolute Gasteiger partial charge is 0.234 e. The third kappa shape index (κ3) is 2.81. The van der Waals surface area contributed by atoms with Crippen molar-refractivity contribution in [1.82, 2.24) is 19.4 Å². The number of rotatable bonds is 4. The Morgan fingerprint density at radius 3 is 2.83 bits per heavy atom. The lowest BCUT2D eigenvalue weighted by molar-refractivity contribution is 1.07. The van der Waals surface area contributed by atoms with Gasteiger partial charge in [-0.2, -0.15) is 0 Å². The highest BCUT2D eigenvalue weighted by atomic mass is 79.9. The minimum absolute atomic E-state index is 0.708. The number of hydrogen-bond donors (Lipinski definition) is 1. The average Bonchev–Trinajstić information content (AvgIpc) is 3.20. The second-order valence-electron chi connectivity index (χ2n) is 5.22. The third-order valence-electron chi connectivity index (χ3n) is 3.65. The SMILES string of the molecule is CCc1nc2ncccn2c1-c1csc(Nc2ccc(Br)cc2)n1. The monoisotopic (exact) mass is 399 g/mol. The fourth-order valence-electron chi connectivity index (χ4n) is 2.55. The minimum Gasteiger partial charge on any atom is -0.332 e. The summed E-state index contributed by atoms with van der Waals surface area (Å²) in [6.45, 7) is 2.10. The number of aryl methyl sites for hydroxylation is 1. The molecule has 0 unspecified atom stereocenters. The number of fused-ring (bicyclic) bond motifs is 1. The van der Waals surface area contributed by atoms with Gasteiger partial charge in [-0.25, -0.2) is 15.0 Å². The van der Waals surface area contributed by atoms with E-state index in [1.165, 1.54) is 0 Å². The van der Waals surface area contributed by atoms with Crippen molar-refractivity contribution >= 4 is 43.9 Å². The number of hydrogen-bond acceptors (Lipinski definition) is 5. The molecule has 1 aromatic carbocycles. The van der Waals surface area contributed by atoms with Gasteiger partial charge in [-0.3, -0.25) is 4.40 Å². The predicted molar refractivity (Wildman–Crippen MR) is 101 cm³/mol. The Morgan fingerprint density at radius 1 is 1.21 bits per heavy atom. The molecule has 0 atom stereocenters. The van der Waals surface area contributed by atoms with Crippen LogP contribution in [-0.2, 0) is 6.42 Å². The van der Waals surface area contributed by atoms with Crippen LogP contribution in [0.1, 0.15) is 12.6 Å². The molecule has 0 radical (unpaired) electrons. The van der Waals surface area contributed by atoms with Crippen LogP contribution in [0.3, 0.4) is 0 Å². The Hall–Kier alpha value is -2.25. The second kappa shape index (κ2) is 6.33. The molecule has 7 heteroatoms. The van der Waals surface area contributed by atoms with Crippen LogP contribution in [0.25, 0.3) is 17.2 Å². The highest BCUT2D eigenvalue weighted by Gasteiger charge is 2.16. The lowest BCUT2D eigenvalue weighted by atomic mass is 10.2. The van der Waals surface area contributed by atoms with E-state index in [-0.39, 0.29) is 0 Å². The Balaban J connectivity index is 1.71. The third-order valence-corrected chi connectivity index (χ3v) is 4.94. The number of thiazole rings is 1. The van der Waals surface area contributed by atoms with Crippen LogP contribution in [0, 0.1) is 0 Å². The van der Waals surface area contributed by atoms with Gasteiger partial charge in [0.05, 0.1) is 11.4 Å². The Bertz CT molecular complexity index is 990. The van der Waals surface area contributed by atoms with Gasteiger partial charge in [0.1, 0.15) is 5.69 Å². The molecule has 0 amide bonds. The van der Waals surface area contributed by atoms with E-state index in [1.807, 2.05) is 40.9 Å². The molecule has 0 saturated carbocycles. The van der Waals surface area contributed by atoms with Crippen LogP contribution >= 0.6 is 27.3 Å². The van der Waals surface area contributed by atoms with Gasteiger partial charge in [0, 0.05) is 27.9 Å². The maximum absolute atomic E-state index is 4.74. The number of nitrogens with one attached hydrogen (secondary N) is 1. The molecule has 0 aliphatic carbocycles. The van der Waals surface area contributed by atoms with Crippen molar-refractivity contribution in [3.8, 4) is 11.4 Å². The Morgan fingerprint density at radius 2 is 2.04 bits per heavy atom. The number of halogens is 1. The van der Waals surface area contributed by atoms with Gasteiger partial charge in [-0.1, -0.05) is 22.9 Å². The molecule has 3 aromatic heterocycles. The summed E-state index contributed by atoms with van der Waals surface area (Å²) in [5, 5.41) is 6.25. The van der Waals surface area contributed by atoms with E-state index >= 15 is 0 Å². The first-order chi connectivity index (χ1) is 11.7. The van der Waals surface area contributed by atoms with Crippen molar-refractivity contribution in [2.45, 2.75) is 13.3 Å². The van der Waals surface area contributed by atoms with Crippen molar-refractivity contribution in [3.63, 3.8) is 0 Å². The predicted octanol–water partition coefficient (Wildman–Crippen LogP) is 4.92. The summed E-state index contributed by atoms with van der Waals surface area (Å²) in [5.74, 6) is 0.708. The van der Waals surface area contributed by atoms with Crippen molar-refractivity contribution in [1.29, 1.82) is 0 Å². The first-order valence-corrected chi connectivity index (χ1v) is 9.22. The summed E-state index contributed by atoms with van der Waals surface area (Å²) in [4.78, 5) is 13.7. The highest BCUT2D eigenvalue weighted by molar-refractivity contribution is 9.10. The van der Waals surface area contributed by atoms with Crippen molar-refractivity contribution < 1.29 is 0 Å². The zero-order valence-electron chi connectivity index (χ0n) is 12.9. The number of aromatic nitrogens is 4. The molecular formula is C17H14BrN5S. The highest BCUT2D eigenvalue weighted by Crippen LogP contribution is 2.30. The van der Waals surface area contributed by atoms with Crippen molar-refractivity contribution in [2.75, 3.05) is 5.32 Å². The normalized spacial score (nSPS) is 11.1. The van der Waals surface area contributed by atoms with E-state index in [4.69, 9.17) is 4.98 Å². The van der Waals surface area contributed by atoms with E-state index in [2.05, 4.69) is 43.5 Å². The summed E-state index contributed by atoms with van der Waals surface area (Å²) >= 11 is 5.02. The van der Waals surface area contributed by atoms with Gasteiger partial charge in [0.25, 0.3) is 0 Å². The molecule has 0 aliphatic heterocycles. The minimum atomic E-state index is 0.708. The molecule has 0 spiro atoms. The van der Waals surface area contributed by atoms with Crippen molar-refractivity contribution in [3.05, 3.63) is 58.3 Å². The fourth-order valence-corrected chi connectivity index (χ4v) is 3.53. The Kier molecular flexibility index (Phi) is 4.03. The van der Waals surface area contributed by atoms with E-state index in [9.17, 15) is 0 Å². The van der Waals surface area contributed by atoms with Gasteiger partial charge < -0.3 is 5.32 Å². The molecule has 0 saturated heterocycles. The number of anilines is 2.